The SMILES string of the molecule is CCC(C)(C)C(=O)OC(OCCOc1c(-c2ccccc2)cccc1-c1ccccc1)C(C)(C)C.CCC(C)(C)c1ccc(C(=O)OC(C)OC)cc1.CCC(C)(C)c1ccc(C(=O)OC(CC(C)(C)C)OC2CCCCC2)cc1.CCC(C)(C)c1ccc(C(=O)OC2CCCCO2)cc1.CCC(C)(C)c1ccc(OCC(=O)OC(C)OC)cc1.CCC(C)(C)c1ccc(OCC(=O)OC(CC(C)(C)C)OC2CCCCC2)cc1. The Kier molecular flexibility index (Phi) is 52.5. The average molecular weight is 2060 g/mol. The van der Waals surface area contributed by atoms with Crippen LogP contribution in [-0.4, -0.2) is 133 Å². The van der Waals surface area contributed by atoms with Gasteiger partial charge in [-0.2, -0.15) is 0 Å². The molecule has 2 saturated carbocycles. The Morgan fingerprint density at radius 3 is 1.03 bits per heavy atom. The molecule has 0 radical (unpaired) electrons. The Labute approximate surface area is 896 Å². The van der Waals surface area contributed by atoms with E-state index < -0.39 is 42.8 Å². The molecule has 11 rings (SSSR count). The molecule has 6 unspecified atom stereocenters. The first-order chi connectivity index (χ1) is 70.1. The Balaban J connectivity index is 0.000000277. The maximum Gasteiger partial charge on any atom is 0.346 e. The molecule has 0 aromatic heterocycles. The molecular formula is C128H186O21. The second-order valence-corrected chi connectivity index (χ2v) is 46.8. The normalized spacial score (nSPS) is 15.4. The fourth-order valence-corrected chi connectivity index (χ4v) is 16.0. The molecule has 21 heteroatoms. The summed E-state index contributed by atoms with van der Waals surface area (Å²) in [5, 5.41) is 0. The van der Waals surface area contributed by atoms with Gasteiger partial charge in [-0.1, -0.05) is 351 Å². The van der Waals surface area contributed by atoms with Crippen molar-refractivity contribution in [2.75, 3.05) is 47.3 Å². The molecule has 1 saturated heterocycles. The van der Waals surface area contributed by atoms with E-state index in [0.717, 1.165) is 105 Å². The molecule has 8 aromatic rings. The fraction of sp³-hybridized carbons (Fsp3) is 0.578. The van der Waals surface area contributed by atoms with E-state index in [4.69, 9.17) is 71.1 Å². The van der Waals surface area contributed by atoms with Crippen LogP contribution in [0.3, 0.4) is 0 Å². The number of hydrogen-bond donors (Lipinski definition) is 0. The predicted molar refractivity (Wildman–Crippen MR) is 599 cm³/mol. The molecule has 1 heterocycles. The molecule has 21 nitrogen and oxygen atoms in total. The minimum absolute atomic E-state index is 0.0163. The van der Waals surface area contributed by atoms with Gasteiger partial charge in [-0.25, -0.2) is 24.0 Å². The van der Waals surface area contributed by atoms with E-state index in [1.807, 2.05) is 175 Å². The smallest absolute Gasteiger partial charge is 0.346 e. The Hall–Kier alpha value is -10.3. The zero-order valence-corrected chi connectivity index (χ0v) is 96.6. The summed E-state index contributed by atoms with van der Waals surface area (Å²) in [4.78, 5) is 73.0. The van der Waals surface area contributed by atoms with Crippen molar-refractivity contribution in [3.05, 3.63) is 245 Å². The molecule has 0 N–H and O–H groups in total. The Morgan fingerprint density at radius 1 is 0.342 bits per heavy atom. The van der Waals surface area contributed by atoms with E-state index in [1.54, 1.807) is 26.0 Å². The second kappa shape index (κ2) is 61.4. The summed E-state index contributed by atoms with van der Waals surface area (Å²) in [5.74, 6) is 0.126. The van der Waals surface area contributed by atoms with Gasteiger partial charge in [0.15, 0.2) is 25.8 Å². The average Bonchev–Trinajstić information content (AvgIpc) is 0.797. The first kappa shape index (κ1) is 127. The fourth-order valence-electron chi connectivity index (χ4n) is 16.0. The van der Waals surface area contributed by atoms with Crippen LogP contribution in [0.2, 0.25) is 0 Å². The van der Waals surface area contributed by atoms with Gasteiger partial charge in [0.1, 0.15) is 23.9 Å². The van der Waals surface area contributed by atoms with E-state index in [0.29, 0.717) is 67.3 Å². The summed E-state index contributed by atoms with van der Waals surface area (Å²) in [6.07, 6.45) is 19.2. The second-order valence-electron chi connectivity index (χ2n) is 46.8. The highest BCUT2D eigenvalue weighted by atomic mass is 16.7. The quantitative estimate of drug-likeness (QED) is 0.0149. The van der Waals surface area contributed by atoms with Crippen molar-refractivity contribution in [1.29, 1.82) is 0 Å². The van der Waals surface area contributed by atoms with Gasteiger partial charge in [0.2, 0.25) is 25.2 Å². The van der Waals surface area contributed by atoms with Gasteiger partial charge in [0.25, 0.3) is 0 Å². The molecule has 1 aliphatic heterocycles. The van der Waals surface area contributed by atoms with Crippen molar-refractivity contribution in [1.82, 2.24) is 0 Å². The maximum atomic E-state index is 12.7. The first-order valence-electron chi connectivity index (χ1n) is 54.6. The molecule has 0 spiro atoms. The first-order valence-corrected chi connectivity index (χ1v) is 54.6. The standard InChI is InChI=1S/C31H38O4.C25H40O4.C24H38O3.C17H24O3.C16H24O4.C15H22O3/c1-7-31(5,6)28(32)35-29(30(2,3)4)34-22-21-33-27-25(23-15-10-8-11-16-23)19-14-20-26(27)24-17-12-9-13-18-24;1-7-25(5,6)19-13-15-20(16-14-19)27-18-22(26)29-23(17-24(2,3)4)28-21-11-9-8-10-12-21;1-7-24(5,6)19-15-13-18(14-16-19)22(25)27-21(17-23(2,3)4)26-20-11-9-8-10-12-20;1-4-17(2,3)14-10-8-13(9-11-14)16(18)20-15-7-5-6-12-19-15;1-6-16(3,4)13-7-9-14(10-8-13)19-11-15(17)20-12(2)18-5;1-6-15(3,4)13-9-7-12(8-10-13)14(16)18-11(2)17-5/h8-20,29H,7,21-22H2,1-6H3;13-16,21,23H,7-12,17-18H2,1-6H3;13-16,20-21H,7-12,17H2,1-6H3;8-11,15H,4-7,12H2,1-3H3;7-10,12H,6,11H2,1-5H3;7-11H,6H2,1-5H3. The highest BCUT2D eigenvalue weighted by Crippen LogP contribution is 2.42. The monoisotopic (exact) mass is 2060 g/mol. The maximum absolute atomic E-state index is 12.7. The molecule has 3 fully saturated rings. The van der Waals surface area contributed by atoms with E-state index in [2.05, 4.69) is 200 Å². The largest absolute Gasteiger partial charge is 0.490 e. The summed E-state index contributed by atoms with van der Waals surface area (Å²) < 4.78 is 83.6. The Bertz CT molecular complexity index is 5140. The van der Waals surface area contributed by atoms with Gasteiger partial charge in [-0.05, 0) is 242 Å². The lowest BCUT2D eigenvalue weighted by atomic mass is 9.82. The van der Waals surface area contributed by atoms with E-state index in [9.17, 15) is 28.8 Å². The number of para-hydroxylation sites is 1. The third kappa shape index (κ3) is 45.3. The molecule has 824 valence electrons. The minimum Gasteiger partial charge on any atom is -0.490 e. The van der Waals surface area contributed by atoms with Crippen LogP contribution < -0.4 is 14.2 Å². The number of rotatable bonds is 42. The van der Waals surface area contributed by atoms with Crippen LogP contribution in [0.25, 0.3) is 22.3 Å². The van der Waals surface area contributed by atoms with Crippen LogP contribution in [-0.2, 0) is 98.3 Å². The van der Waals surface area contributed by atoms with Gasteiger partial charge in [-0.3, -0.25) is 4.79 Å². The van der Waals surface area contributed by atoms with Gasteiger partial charge in [-0.15, -0.1) is 0 Å². The summed E-state index contributed by atoms with van der Waals surface area (Å²) >= 11 is 0. The number of carbonyl (C=O) groups excluding carboxylic acids is 6. The number of hydrogen-bond acceptors (Lipinski definition) is 21. The van der Waals surface area contributed by atoms with Gasteiger partial charge >= 0.3 is 35.8 Å². The van der Waals surface area contributed by atoms with Gasteiger partial charge in [0.05, 0.1) is 47.5 Å². The summed E-state index contributed by atoms with van der Waals surface area (Å²) in [6, 6.07) is 65.6. The lowest BCUT2D eigenvalue weighted by molar-refractivity contribution is -0.213. The molecule has 2 aliphatic carbocycles. The van der Waals surface area contributed by atoms with E-state index >= 15 is 0 Å². The minimum atomic E-state index is -0.664. The summed E-state index contributed by atoms with van der Waals surface area (Å²) in [5.41, 5.74) is 12.0. The number of carbonyl (C=O) groups is 6. The molecular weight excluding hydrogens is 1870 g/mol. The Morgan fingerprint density at radius 2 is 0.685 bits per heavy atom. The van der Waals surface area contributed by atoms with Crippen molar-refractivity contribution >= 4 is 35.8 Å². The number of benzene rings is 8. The highest BCUT2D eigenvalue weighted by Gasteiger charge is 2.37. The van der Waals surface area contributed by atoms with Crippen molar-refractivity contribution in [3.63, 3.8) is 0 Å². The number of ether oxygens (including phenoxy) is 15. The third-order valence-corrected chi connectivity index (χ3v) is 28.7. The van der Waals surface area contributed by atoms with E-state index in [1.165, 1.54) is 80.6 Å². The molecule has 8 aromatic carbocycles. The van der Waals surface area contributed by atoms with Crippen LogP contribution in [0.1, 0.15) is 395 Å². The van der Waals surface area contributed by atoms with Crippen LogP contribution in [0, 0.1) is 21.7 Å². The van der Waals surface area contributed by atoms with Crippen molar-refractivity contribution in [2.24, 2.45) is 21.7 Å². The summed E-state index contributed by atoms with van der Waals surface area (Å²) in [6.45, 7) is 62.0. The highest BCUT2D eigenvalue weighted by molar-refractivity contribution is 5.91. The van der Waals surface area contributed by atoms with Crippen molar-refractivity contribution < 1.29 is 99.8 Å². The van der Waals surface area contributed by atoms with Crippen molar-refractivity contribution in [2.45, 2.75) is 413 Å². The zero-order valence-electron chi connectivity index (χ0n) is 96.6. The number of methoxy groups -OCH3 is 2. The van der Waals surface area contributed by atoms with Crippen LogP contribution in [0.4, 0.5) is 0 Å². The van der Waals surface area contributed by atoms with Crippen molar-refractivity contribution in [3.8, 4) is 39.5 Å². The zero-order chi connectivity index (χ0) is 111. The molecule has 0 bridgehead atoms. The predicted octanol–water partition coefficient (Wildman–Crippen LogP) is 31.7. The third-order valence-electron chi connectivity index (χ3n) is 28.7. The topological polar surface area (TPSA) is 241 Å². The molecule has 0 amide bonds. The molecule has 6 atom stereocenters. The van der Waals surface area contributed by atoms with E-state index in [-0.39, 0.29) is 105 Å². The number of esters is 6. The van der Waals surface area contributed by atoms with Crippen LogP contribution in [0.5, 0.6) is 17.2 Å². The van der Waals surface area contributed by atoms with Gasteiger partial charge < -0.3 is 71.1 Å². The lowest BCUT2D eigenvalue weighted by Gasteiger charge is -2.33. The summed E-state index contributed by atoms with van der Waals surface area (Å²) in [7, 11) is 2.98. The van der Waals surface area contributed by atoms with Crippen LogP contribution in [0.15, 0.2) is 200 Å². The van der Waals surface area contributed by atoms with Gasteiger partial charge in [0, 0.05) is 50.0 Å². The lowest BCUT2D eigenvalue weighted by Crippen LogP contribution is -2.39. The molecule has 149 heavy (non-hydrogen) atoms. The molecule has 3 aliphatic rings. The van der Waals surface area contributed by atoms with Crippen LogP contribution >= 0.6 is 0 Å².